The zero-order valence-corrected chi connectivity index (χ0v) is 16.0. The van der Waals surface area contributed by atoms with Crippen LogP contribution in [0.3, 0.4) is 0 Å². The molecule has 0 radical (unpaired) electrons. The van der Waals surface area contributed by atoms with E-state index in [1.165, 1.54) is 11.0 Å². The molecule has 2 aliphatic heterocycles. The van der Waals surface area contributed by atoms with Crippen LogP contribution in [0.2, 0.25) is 0 Å². The fourth-order valence-corrected chi connectivity index (χ4v) is 3.37. The molecule has 3 rings (SSSR count). The lowest BCUT2D eigenvalue weighted by Crippen LogP contribution is -2.43. The van der Waals surface area contributed by atoms with Crippen LogP contribution in [0.1, 0.15) is 38.3 Å². The Morgan fingerprint density at radius 2 is 1.89 bits per heavy atom. The van der Waals surface area contributed by atoms with Crippen LogP contribution in [0.25, 0.3) is 0 Å². The summed E-state index contributed by atoms with van der Waals surface area (Å²) in [7, 11) is 0. The van der Waals surface area contributed by atoms with Crippen LogP contribution in [0.4, 0.5) is 14.0 Å². The number of hydrogen-bond acceptors (Lipinski definition) is 5. The van der Waals surface area contributed by atoms with Crippen LogP contribution in [0.15, 0.2) is 18.2 Å². The Hall–Kier alpha value is -2.84. The third kappa shape index (κ3) is 4.18. The van der Waals surface area contributed by atoms with E-state index in [0.717, 1.165) is 4.90 Å². The zero-order valence-electron chi connectivity index (χ0n) is 16.0. The molecule has 0 saturated carbocycles. The molecule has 0 aliphatic carbocycles. The monoisotopic (exact) mass is 394 g/mol. The van der Waals surface area contributed by atoms with Crippen molar-refractivity contribution in [2.75, 3.05) is 6.54 Å². The molecule has 2 atom stereocenters. The van der Waals surface area contributed by atoms with Crippen LogP contribution in [-0.2, 0) is 27.4 Å². The van der Waals surface area contributed by atoms with Gasteiger partial charge in [0.05, 0.1) is 13.1 Å². The van der Waals surface area contributed by atoms with Gasteiger partial charge < -0.3 is 14.6 Å². The van der Waals surface area contributed by atoms with Gasteiger partial charge >= 0.3 is 18.2 Å². The Balaban J connectivity index is 1.63. The summed E-state index contributed by atoms with van der Waals surface area (Å²) in [4.78, 5) is 38.7. The molecule has 1 fully saturated rings. The van der Waals surface area contributed by atoms with E-state index in [2.05, 4.69) is 0 Å². The summed E-state index contributed by atoms with van der Waals surface area (Å²) >= 11 is 0. The van der Waals surface area contributed by atoms with Gasteiger partial charge in [-0.3, -0.25) is 9.80 Å². The Morgan fingerprint density at radius 3 is 2.50 bits per heavy atom. The second-order valence-corrected chi connectivity index (χ2v) is 7.96. The maximum Gasteiger partial charge on any atom is 0.411 e. The van der Waals surface area contributed by atoms with Crippen LogP contribution in [-0.4, -0.2) is 57.4 Å². The summed E-state index contributed by atoms with van der Waals surface area (Å²) in [6, 6.07) is 3.52. The van der Waals surface area contributed by atoms with E-state index in [4.69, 9.17) is 9.47 Å². The smallest absolute Gasteiger partial charge is 0.411 e. The average molecular weight is 394 g/mol. The Kier molecular flexibility index (Phi) is 5.18. The normalized spacial score (nSPS) is 21.4. The minimum atomic E-state index is -1.19. The van der Waals surface area contributed by atoms with Crippen LogP contribution in [0, 0.1) is 5.82 Å². The number of halogens is 1. The first kappa shape index (κ1) is 19.9. The van der Waals surface area contributed by atoms with Crippen molar-refractivity contribution in [1.82, 2.24) is 9.80 Å². The van der Waals surface area contributed by atoms with Gasteiger partial charge in [0.1, 0.15) is 23.6 Å². The summed E-state index contributed by atoms with van der Waals surface area (Å²) in [5.41, 5.74) is 0.382. The van der Waals surface area contributed by atoms with Crippen molar-refractivity contribution < 1.29 is 33.4 Å². The van der Waals surface area contributed by atoms with E-state index in [1.807, 2.05) is 0 Å². The molecule has 0 spiro atoms. The highest BCUT2D eigenvalue weighted by molar-refractivity contribution is 5.81. The number of likely N-dealkylation sites (tertiary alicyclic amines) is 1. The molecule has 9 heteroatoms. The predicted molar refractivity (Wildman–Crippen MR) is 94.9 cm³/mol. The maximum absolute atomic E-state index is 13.8. The molecule has 0 bridgehead atoms. The molecule has 1 saturated heterocycles. The van der Waals surface area contributed by atoms with E-state index in [1.54, 1.807) is 32.9 Å². The molecule has 1 N–H and O–H groups in total. The van der Waals surface area contributed by atoms with E-state index >= 15 is 0 Å². The maximum atomic E-state index is 13.8. The summed E-state index contributed by atoms with van der Waals surface area (Å²) in [5.74, 6) is -1.57. The molecule has 2 aliphatic rings. The number of ether oxygens (including phenoxy) is 2. The molecular weight excluding hydrogens is 371 g/mol. The minimum absolute atomic E-state index is 0.0323. The van der Waals surface area contributed by atoms with E-state index in [0.29, 0.717) is 11.1 Å². The van der Waals surface area contributed by atoms with Gasteiger partial charge in [0.2, 0.25) is 0 Å². The first-order valence-electron chi connectivity index (χ1n) is 8.99. The van der Waals surface area contributed by atoms with Crippen molar-refractivity contribution in [1.29, 1.82) is 0 Å². The molecule has 0 aromatic heterocycles. The first-order valence-corrected chi connectivity index (χ1v) is 8.99. The Bertz CT molecular complexity index is 806. The lowest BCUT2D eigenvalue weighted by Gasteiger charge is -2.26. The van der Waals surface area contributed by atoms with Gasteiger partial charge in [-0.2, -0.15) is 0 Å². The summed E-state index contributed by atoms with van der Waals surface area (Å²) in [5, 5.41) is 9.40. The number of rotatable bonds is 2. The van der Waals surface area contributed by atoms with Crippen LogP contribution in [0.5, 0.6) is 0 Å². The number of amides is 2. The number of carbonyl (C=O) groups is 3. The largest absolute Gasteiger partial charge is 0.480 e. The SMILES string of the molecule is CC(C)(C)OC(=O)N1CC(OC(=O)N2Cc3cccc(F)c3C2)CC1C(=O)O. The Labute approximate surface area is 161 Å². The minimum Gasteiger partial charge on any atom is -0.480 e. The number of benzene rings is 1. The number of aliphatic carboxylic acids is 1. The van der Waals surface area contributed by atoms with Gasteiger partial charge in [0, 0.05) is 18.5 Å². The van der Waals surface area contributed by atoms with E-state index < -0.39 is 35.9 Å². The number of carboxylic acids is 1. The van der Waals surface area contributed by atoms with Gasteiger partial charge in [-0.15, -0.1) is 0 Å². The predicted octanol–water partition coefficient (Wildman–Crippen LogP) is 2.74. The second kappa shape index (κ2) is 7.29. The standard InChI is InChI=1S/C19H23FN2O6/c1-19(2,3)28-18(26)22-9-12(7-15(22)16(23)24)27-17(25)21-8-11-5-4-6-14(20)13(11)10-21/h4-6,12,15H,7-10H2,1-3H3,(H,23,24). The van der Waals surface area contributed by atoms with Crippen molar-refractivity contribution in [3.8, 4) is 0 Å². The lowest BCUT2D eigenvalue weighted by molar-refractivity contribution is -0.142. The fourth-order valence-electron chi connectivity index (χ4n) is 3.37. The average Bonchev–Trinajstić information content (AvgIpc) is 3.18. The van der Waals surface area contributed by atoms with Gasteiger partial charge in [0.15, 0.2) is 0 Å². The van der Waals surface area contributed by atoms with Crippen LogP contribution < -0.4 is 0 Å². The number of carboxylic acid groups (broad SMARTS) is 1. The molecule has 8 nitrogen and oxygen atoms in total. The summed E-state index contributed by atoms with van der Waals surface area (Å²) in [6.45, 7) is 5.27. The molecule has 2 amide bonds. The van der Waals surface area contributed by atoms with Gasteiger partial charge in [0.25, 0.3) is 0 Å². The number of carbonyl (C=O) groups excluding carboxylic acids is 2. The van der Waals surface area contributed by atoms with Gasteiger partial charge in [-0.1, -0.05) is 12.1 Å². The van der Waals surface area contributed by atoms with Gasteiger partial charge in [-0.05, 0) is 32.4 Å². The van der Waals surface area contributed by atoms with Crippen molar-refractivity contribution in [3.05, 3.63) is 35.1 Å². The molecule has 152 valence electrons. The van der Waals surface area contributed by atoms with E-state index in [-0.39, 0.29) is 31.9 Å². The third-order valence-corrected chi connectivity index (χ3v) is 4.63. The quantitative estimate of drug-likeness (QED) is 0.829. The number of fused-ring (bicyclic) bond motifs is 1. The first-order chi connectivity index (χ1) is 13.0. The topological polar surface area (TPSA) is 96.4 Å². The molecule has 2 unspecified atom stereocenters. The molecule has 1 aromatic carbocycles. The molecule has 2 heterocycles. The fraction of sp³-hybridized carbons (Fsp3) is 0.526. The second-order valence-electron chi connectivity index (χ2n) is 7.96. The number of nitrogens with zero attached hydrogens (tertiary/aromatic N) is 2. The molecule has 28 heavy (non-hydrogen) atoms. The van der Waals surface area contributed by atoms with E-state index in [9.17, 15) is 23.9 Å². The van der Waals surface area contributed by atoms with Crippen molar-refractivity contribution in [2.45, 2.75) is 58.0 Å². The van der Waals surface area contributed by atoms with Crippen LogP contribution >= 0.6 is 0 Å². The molecule has 1 aromatic rings. The summed E-state index contributed by atoms with van der Waals surface area (Å²) in [6.07, 6.45) is -2.25. The summed E-state index contributed by atoms with van der Waals surface area (Å²) < 4.78 is 24.5. The van der Waals surface area contributed by atoms with Crippen molar-refractivity contribution in [2.24, 2.45) is 0 Å². The Morgan fingerprint density at radius 1 is 1.18 bits per heavy atom. The highest BCUT2D eigenvalue weighted by atomic mass is 19.1. The zero-order chi connectivity index (χ0) is 20.6. The van der Waals surface area contributed by atoms with Crippen molar-refractivity contribution in [3.63, 3.8) is 0 Å². The molecular formula is C19H23FN2O6. The highest BCUT2D eigenvalue weighted by Gasteiger charge is 2.44. The van der Waals surface area contributed by atoms with Gasteiger partial charge in [-0.25, -0.2) is 18.8 Å². The third-order valence-electron chi connectivity index (χ3n) is 4.63. The lowest BCUT2D eigenvalue weighted by atomic mass is 10.1. The highest BCUT2D eigenvalue weighted by Crippen LogP contribution is 2.28. The van der Waals surface area contributed by atoms with Crippen molar-refractivity contribution >= 4 is 18.2 Å². The number of hydrogen-bond donors (Lipinski definition) is 1.